The summed E-state index contributed by atoms with van der Waals surface area (Å²) in [5.74, 6) is 0.170. The van der Waals surface area contributed by atoms with Gasteiger partial charge in [-0.3, -0.25) is 4.79 Å². The molecule has 150 valence electrons. The summed E-state index contributed by atoms with van der Waals surface area (Å²) in [6, 6.07) is 7.76. The highest BCUT2D eigenvalue weighted by molar-refractivity contribution is 5.99. The zero-order valence-corrected chi connectivity index (χ0v) is 16.5. The molecule has 3 N–H and O–H groups in total. The zero-order chi connectivity index (χ0) is 20.6. The predicted molar refractivity (Wildman–Crippen MR) is 104 cm³/mol. The van der Waals surface area contributed by atoms with Crippen molar-refractivity contribution in [3.63, 3.8) is 0 Å². The third-order valence-electron chi connectivity index (χ3n) is 5.59. The number of Topliss-reactive ketones (excluding diaryl/α,β-unsaturated/α-hetero) is 1. The number of benzene rings is 2. The van der Waals surface area contributed by atoms with Gasteiger partial charge >= 0.3 is 0 Å². The molecule has 3 rings (SSSR count). The van der Waals surface area contributed by atoms with Gasteiger partial charge in [0.2, 0.25) is 0 Å². The highest BCUT2D eigenvalue weighted by atomic mass is 16.5. The highest BCUT2D eigenvalue weighted by Gasteiger charge is 2.43. The number of methoxy groups -OCH3 is 2. The van der Waals surface area contributed by atoms with E-state index >= 15 is 0 Å². The fourth-order valence-electron chi connectivity index (χ4n) is 4.21. The van der Waals surface area contributed by atoms with Crippen LogP contribution in [0.25, 0.3) is 0 Å². The molecule has 6 nitrogen and oxygen atoms in total. The Balaban J connectivity index is 2.01. The van der Waals surface area contributed by atoms with Crippen molar-refractivity contribution < 1.29 is 29.6 Å². The Bertz CT molecular complexity index is 897. The topological polar surface area (TPSA) is 96.2 Å². The molecule has 0 radical (unpaired) electrons. The molecule has 28 heavy (non-hydrogen) atoms. The summed E-state index contributed by atoms with van der Waals surface area (Å²) >= 11 is 0. The number of aromatic hydroxyl groups is 2. The van der Waals surface area contributed by atoms with E-state index in [1.165, 1.54) is 26.4 Å². The molecule has 0 heterocycles. The maximum Gasteiger partial charge on any atom is 0.167 e. The van der Waals surface area contributed by atoms with Crippen LogP contribution < -0.4 is 9.47 Å². The SMILES string of the molecule is COc1cc(O)ccc1C(=O)CC1c2ccc(O)c(OC)c2CC1C(C)(C)O. The van der Waals surface area contributed by atoms with Crippen LogP contribution in [0.4, 0.5) is 0 Å². The van der Waals surface area contributed by atoms with Gasteiger partial charge in [-0.15, -0.1) is 0 Å². The first-order valence-corrected chi connectivity index (χ1v) is 9.18. The van der Waals surface area contributed by atoms with Gasteiger partial charge in [-0.25, -0.2) is 0 Å². The van der Waals surface area contributed by atoms with Crippen LogP contribution in [-0.4, -0.2) is 40.9 Å². The Morgan fingerprint density at radius 3 is 2.46 bits per heavy atom. The van der Waals surface area contributed by atoms with Crippen molar-refractivity contribution in [2.45, 2.75) is 38.2 Å². The minimum absolute atomic E-state index is 0.0224. The van der Waals surface area contributed by atoms with E-state index in [2.05, 4.69) is 0 Å². The van der Waals surface area contributed by atoms with E-state index in [1.807, 2.05) is 0 Å². The molecule has 0 saturated heterocycles. The molecule has 0 aliphatic heterocycles. The van der Waals surface area contributed by atoms with Crippen molar-refractivity contribution in [1.82, 2.24) is 0 Å². The fourth-order valence-corrected chi connectivity index (χ4v) is 4.21. The fraction of sp³-hybridized carbons (Fsp3) is 0.409. The molecule has 2 aromatic carbocycles. The maximum absolute atomic E-state index is 13.1. The Hall–Kier alpha value is -2.73. The second-order valence-corrected chi connectivity index (χ2v) is 7.77. The third-order valence-corrected chi connectivity index (χ3v) is 5.59. The second-order valence-electron chi connectivity index (χ2n) is 7.77. The van der Waals surface area contributed by atoms with E-state index in [0.29, 0.717) is 23.5 Å². The van der Waals surface area contributed by atoms with E-state index in [9.17, 15) is 20.1 Å². The largest absolute Gasteiger partial charge is 0.508 e. The van der Waals surface area contributed by atoms with Crippen LogP contribution in [0, 0.1) is 5.92 Å². The van der Waals surface area contributed by atoms with Crippen LogP contribution in [-0.2, 0) is 6.42 Å². The monoisotopic (exact) mass is 386 g/mol. The number of carbonyl (C=O) groups excluding carboxylic acids is 1. The van der Waals surface area contributed by atoms with Gasteiger partial charge in [-0.1, -0.05) is 6.07 Å². The van der Waals surface area contributed by atoms with E-state index in [-0.39, 0.29) is 35.5 Å². The van der Waals surface area contributed by atoms with Crippen molar-refractivity contribution in [3.8, 4) is 23.0 Å². The lowest BCUT2D eigenvalue weighted by atomic mass is 9.78. The Morgan fingerprint density at radius 2 is 1.86 bits per heavy atom. The summed E-state index contributed by atoms with van der Waals surface area (Å²) in [6.07, 6.45) is 0.664. The predicted octanol–water partition coefficient (Wildman–Crippen LogP) is 3.41. The van der Waals surface area contributed by atoms with Crippen molar-refractivity contribution in [2.75, 3.05) is 14.2 Å². The van der Waals surface area contributed by atoms with Crippen LogP contribution in [0.3, 0.4) is 0 Å². The van der Waals surface area contributed by atoms with Crippen LogP contribution in [0.1, 0.15) is 47.7 Å². The first-order chi connectivity index (χ1) is 13.2. The summed E-state index contributed by atoms with van der Waals surface area (Å²) in [7, 11) is 2.94. The van der Waals surface area contributed by atoms with Crippen LogP contribution >= 0.6 is 0 Å². The minimum atomic E-state index is -1.02. The van der Waals surface area contributed by atoms with Gasteiger partial charge in [0.1, 0.15) is 11.5 Å². The van der Waals surface area contributed by atoms with Gasteiger partial charge < -0.3 is 24.8 Å². The quantitative estimate of drug-likeness (QED) is 0.659. The van der Waals surface area contributed by atoms with Gasteiger partial charge in [0.05, 0.1) is 25.4 Å². The number of hydrogen-bond donors (Lipinski definition) is 3. The van der Waals surface area contributed by atoms with Crippen molar-refractivity contribution in [1.29, 1.82) is 0 Å². The number of fused-ring (bicyclic) bond motifs is 1. The van der Waals surface area contributed by atoms with Crippen LogP contribution in [0.15, 0.2) is 30.3 Å². The summed E-state index contributed by atoms with van der Waals surface area (Å²) in [5, 5.41) is 30.5. The van der Waals surface area contributed by atoms with E-state index in [1.54, 1.807) is 32.0 Å². The lowest BCUT2D eigenvalue weighted by molar-refractivity contribution is 0.00912. The third kappa shape index (κ3) is 3.52. The molecule has 0 spiro atoms. The van der Waals surface area contributed by atoms with Crippen molar-refractivity contribution in [3.05, 3.63) is 47.0 Å². The van der Waals surface area contributed by atoms with Gasteiger partial charge in [-0.05, 0) is 55.9 Å². The second kappa shape index (κ2) is 7.36. The Morgan fingerprint density at radius 1 is 1.14 bits per heavy atom. The summed E-state index contributed by atoms with van der Waals surface area (Å²) in [5.41, 5.74) is 1.08. The molecule has 1 aliphatic carbocycles. The molecule has 0 saturated carbocycles. The average Bonchev–Trinajstić information content (AvgIpc) is 3.00. The highest BCUT2D eigenvalue weighted by Crippen LogP contribution is 2.50. The van der Waals surface area contributed by atoms with Gasteiger partial charge in [0.15, 0.2) is 17.3 Å². The van der Waals surface area contributed by atoms with Crippen molar-refractivity contribution in [2.24, 2.45) is 5.92 Å². The number of aliphatic hydroxyl groups is 1. The molecule has 2 aromatic rings. The lowest BCUT2D eigenvalue weighted by Gasteiger charge is -2.31. The summed E-state index contributed by atoms with van der Waals surface area (Å²) < 4.78 is 10.6. The number of hydrogen-bond acceptors (Lipinski definition) is 6. The molecule has 0 amide bonds. The normalized spacial score (nSPS) is 18.6. The van der Waals surface area contributed by atoms with Gasteiger partial charge in [0, 0.05) is 18.1 Å². The molecule has 2 unspecified atom stereocenters. The smallest absolute Gasteiger partial charge is 0.167 e. The first kappa shape index (κ1) is 20.0. The summed E-state index contributed by atoms with van der Waals surface area (Å²) in [6.45, 7) is 3.46. The number of ketones is 1. The molecule has 1 aliphatic rings. The van der Waals surface area contributed by atoms with Crippen LogP contribution in [0.5, 0.6) is 23.0 Å². The zero-order valence-electron chi connectivity index (χ0n) is 16.5. The van der Waals surface area contributed by atoms with E-state index in [0.717, 1.165) is 11.1 Å². The van der Waals surface area contributed by atoms with Crippen LogP contribution in [0.2, 0.25) is 0 Å². The standard InChI is InChI=1S/C22H26O6/c1-22(2,26)17-10-16-13(7-8-18(24)21(16)28-4)15(17)11-19(25)14-6-5-12(23)9-20(14)27-3/h5-9,15,17,23-24,26H,10-11H2,1-4H3. The molecule has 2 atom stereocenters. The molecule has 0 fully saturated rings. The average molecular weight is 386 g/mol. The molecule has 0 aromatic heterocycles. The lowest BCUT2D eigenvalue weighted by Crippen LogP contribution is -2.34. The van der Waals surface area contributed by atoms with E-state index < -0.39 is 5.60 Å². The number of phenolic OH excluding ortho intramolecular Hbond substituents is 2. The number of ether oxygens (including phenoxy) is 2. The number of carbonyl (C=O) groups is 1. The number of phenols is 2. The molecule has 6 heteroatoms. The minimum Gasteiger partial charge on any atom is -0.508 e. The maximum atomic E-state index is 13.1. The number of rotatable bonds is 6. The first-order valence-electron chi connectivity index (χ1n) is 9.18. The summed E-state index contributed by atoms with van der Waals surface area (Å²) in [4.78, 5) is 13.1. The molecular weight excluding hydrogens is 360 g/mol. The van der Waals surface area contributed by atoms with E-state index in [4.69, 9.17) is 9.47 Å². The Kier molecular flexibility index (Phi) is 5.26. The molecular formula is C22H26O6. The Labute approximate surface area is 164 Å². The van der Waals surface area contributed by atoms with Crippen molar-refractivity contribution >= 4 is 5.78 Å². The molecule has 0 bridgehead atoms. The van der Waals surface area contributed by atoms with Gasteiger partial charge in [0.25, 0.3) is 0 Å². The van der Waals surface area contributed by atoms with Gasteiger partial charge in [-0.2, -0.15) is 0 Å².